The Kier molecular flexibility index (Phi) is 4.76. The van der Waals surface area contributed by atoms with Crippen molar-refractivity contribution in [2.24, 2.45) is 0 Å². The van der Waals surface area contributed by atoms with Crippen LogP contribution in [0.25, 0.3) is 9.40 Å². The molecular weight excluding hydrogens is 368 g/mol. The van der Waals surface area contributed by atoms with Crippen LogP contribution < -0.4 is 0 Å². The number of hydrogen-bond donors (Lipinski definition) is 1. The van der Waals surface area contributed by atoms with Crippen molar-refractivity contribution in [2.75, 3.05) is 26.2 Å². The Morgan fingerprint density at radius 3 is 2.38 bits per heavy atom. The second-order valence-electron chi connectivity index (χ2n) is 6.33. The SMILES string of the molecule is O=C(O)c1ccc(CN2CCN(C(=O)c3cc4sccc4s3)CC2)cc1. The number of piperazine rings is 1. The van der Waals surface area contributed by atoms with Crippen LogP contribution in [0, 0.1) is 0 Å². The van der Waals surface area contributed by atoms with E-state index in [1.807, 2.05) is 23.1 Å². The molecule has 1 aliphatic heterocycles. The number of aromatic carboxylic acids is 1. The fourth-order valence-electron chi connectivity index (χ4n) is 3.15. The maximum Gasteiger partial charge on any atom is 0.335 e. The third kappa shape index (κ3) is 3.51. The summed E-state index contributed by atoms with van der Waals surface area (Å²) >= 11 is 3.24. The number of amides is 1. The van der Waals surface area contributed by atoms with Gasteiger partial charge in [-0.1, -0.05) is 12.1 Å². The average molecular weight is 386 g/mol. The number of thiophene rings is 2. The molecule has 7 heteroatoms. The highest BCUT2D eigenvalue weighted by Gasteiger charge is 2.23. The molecule has 0 saturated carbocycles. The molecule has 2 aromatic heterocycles. The number of carboxylic acid groups (broad SMARTS) is 1. The van der Waals surface area contributed by atoms with Crippen molar-refractivity contribution in [1.82, 2.24) is 9.80 Å². The lowest BCUT2D eigenvalue weighted by molar-refractivity contribution is 0.0632. The maximum absolute atomic E-state index is 12.7. The molecular formula is C19H18N2O3S2. The van der Waals surface area contributed by atoms with Gasteiger partial charge in [-0.3, -0.25) is 9.69 Å². The number of benzene rings is 1. The third-order valence-corrected chi connectivity index (χ3v) is 6.70. The van der Waals surface area contributed by atoms with Crippen LogP contribution in [0.5, 0.6) is 0 Å². The molecule has 4 rings (SSSR count). The van der Waals surface area contributed by atoms with E-state index in [0.717, 1.165) is 43.2 Å². The van der Waals surface area contributed by atoms with E-state index in [1.165, 1.54) is 9.40 Å². The molecule has 1 amide bonds. The van der Waals surface area contributed by atoms with Gasteiger partial charge in [-0.05, 0) is 35.2 Å². The lowest BCUT2D eigenvalue weighted by Crippen LogP contribution is -2.48. The summed E-state index contributed by atoms with van der Waals surface area (Å²) in [5.41, 5.74) is 1.40. The van der Waals surface area contributed by atoms with Crippen LogP contribution in [-0.2, 0) is 6.54 Å². The van der Waals surface area contributed by atoms with Gasteiger partial charge in [0.25, 0.3) is 5.91 Å². The number of carboxylic acids is 1. The van der Waals surface area contributed by atoms with Gasteiger partial charge in [-0.25, -0.2) is 4.79 Å². The van der Waals surface area contributed by atoms with Gasteiger partial charge in [0, 0.05) is 42.1 Å². The van der Waals surface area contributed by atoms with Gasteiger partial charge in [-0.2, -0.15) is 0 Å². The summed E-state index contributed by atoms with van der Waals surface area (Å²) < 4.78 is 2.36. The van der Waals surface area contributed by atoms with Crippen LogP contribution >= 0.6 is 22.7 Å². The van der Waals surface area contributed by atoms with E-state index in [9.17, 15) is 9.59 Å². The van der Waals surface area contributed by atoms with E-state index in [1.54, 1.807) is 34.8 Å². The quantitative estimate of drug-likeness (QED) is 0.744. The predicted octanol–water partition coefficient (Wildman–Crippen LogP) is 3.62. The summed E-state index contributed by atoms with van der Waals surface area (Å²) in [7, 11) is 0. The Balaban J connectivity index is 1.34. The number of nitrogens with zero attached hydrogens (tertiary/aromatic N) is 2. The van der Waals surface area contributed by atoms with Crippen molar-refractivity contribution in [1.29, 1.82) is 0 Å². The highest BCUT2D eigenvalue weighted by atomic mass is 32.1. The number of rotatable bonds is 4. The molecule has 0 aliphatic carbocycles. The van der Waals surface area contributed by atoms with Crippen molar-refractivity contribution in [3.63, 3.8) is 0 Å². The molecule has 134 valence electrons. The first-order valence-electron chi connectivity index (χ1n) is 8.41. The predicted molar refractivity (Wildman–Crippen MR) is 104 cm³/mol. The monoisotopic (exact) mass is 386 g/mol. The zero-order valence-corrected chi connectivity index (χ0v) is 15.7. The normalized spacial score (nSPS) is 15.5. The molecule has 1 fully saturated rings. The fourth-order valence-corrected chi connectivity index (χ4v) is 5.22. The van der Waals surface area contributed by atoms with Gasteiger partial charge in [0.1, 0.15) is 0 Å². The molecule has 0 spiro atoms. The van der Waals surface area contributed by atoms with Crippen LogP contribution in [-0.4, -0.2) is 53.0 Å². The van der Waals surface area contributed by atoms with Gasteiger partial charge < -0.3 is 10.0 Å². The number of hydrogen-bond acceptors (Lipinski definition) is 5. The van der Waals surface area contributed by atoms with E-state index < -0.39 is 5.97 Å². The summed E-state index contributed by atoms with van der Waals surface area (Å²) in [5.74, 6) is -0.777. The lowest BCUT2D eigenvalue weighted by Gasteiger charge is -2.34. The van der Waals surface area contributed by atoms with Gasteiger partial charge in [0.15, 0.2) is 0 Å². The van der Waals surface area contributed by atoms with Crippen LogP contribution in [0.3, 0.4) is 0 Å². The van der Waals surface area contributed by atoms with Gasteiger partial charge in [0.05, 0.1) is 10.4 Å². The molecule has 0 unspecified atom stereocenters. The summed E-state index contributed by atoms with van der Waals surface area (Å²) in [5, 5.41) is 11.0. The van der Waals surface area contributed by atoms with E-state index in [4.69, 9.17) is 5.11 Å². The summed E-state index contributed by atoms with van der Waals surface area (Å²) in [4.78, 5) is 28.7. The minimum Gasteiger partial charge on any atom is -0.478 e. The topological polar surface area (TPSA) is 60.9 Å². The molecule has 5 nitrogen and oxygen atoms in total. The van der Waals surface area contributed by atoms with E-state index >= 15 is 0 Å². The maximum atomic E-state index is 12.7. The van der Waals surface area contributed by atoms with Crippen LogP contribution in [0.1, 0.15) is 25.6 Å². The number of carbonyl (C=O) groups is 2. The molecule has 1 aliphatic rings. The largest absolute Gasteiger partial charge is 0.478 e. The standard InChI is InChI=1S/C19H18N2O3S2/c22-18(17-11-16-15(26-17)5-10-25-16)21-8-6-20(7-9-21)12-13-1-3-14(4-2-13)19(23)24/h1-5,10-11H,6-9,12H2,(H,23,24). The minimum absolute atomic E-state index is 0.129. The molecule has 1 saturated heterocycles. The minimum atomic E-state index is -0.905. The second kappa shape index (κ2) is 7.19. The van der Waals surface area contributed by atoms with Crippen molar-refractivity contribution in [2.45, 2.75) is 6.54 Å². The van der Waals surface area contributed by atoms with Crippen molar-refractivity contribution >= 4 is 43.9 Å². The highest BCUT2D eigenvalue weighted by Crippen LogP contribution is 2.30. The Morgan fingerprint density at radius 2 is 1.73 bits per heavy atom. The van der Waals surface area contributed by atoms with Crippen LogP contribution in [0.4, 0.5) is 0 Å². The molecule has 3 heterocycles. The van der Waals surface area contributed by atoms with Gasteiger partial charge >= 0.3 is 5.97 Å². The van der Waals surface area contributed by atoms with Crippen LogP contribution in [0.2, 0.25) is 0 Å². The molecule has 1 N–H and O–H groups in total. The molecule has 0 atom stereocenters. The second-order valence-corrected chi connectivity index (χ2v) is 8.36. The first kappa shape index (κ1) is 17.2. The van der Waals surface area contributed by atoms with Crippen molar-refractivity contribution < 1.29 is 14.7 Å². The Labute approximate surface area is 159 Å². The zero-order chi connectivity index (χ0) is 18.1. The summed E-state index contributed by atoms with van der Waals surface area (Å²) in [6.45, 7) is 3.87. The molecule has 1 aromatic carbocycles. The Morgan fingerprint density at radius 1 is 1.00 bits per heavy atom. The Bertz CT molecular complexity index is 909. The number of carbonyl (C=O) groups excluding carboxylic acids is 1. The van der Waals surface area contributed by atoms with Crippen molar-refractivity contribution in [3.8, 4) is 0 Å². The molecule has 0 radical (unpaired) electrons. The first-order chi connectivity index (χ1) is 12.6. The van der Waals surface area contributed by atoms with E-state index in [0.29, 0.717) is 5.56 Å². The van der Waals surface area contributed by atoms with E-state index in [-0.39, 0.29) is 5.91 Å². The fraction of sp³-hybridized carbons (Fsp3) is 0.263. The molecule has 0 bridgehead atoms. The van der Waals surface area contributed by atoms with Gasteiger partial charge in [0.2, 0.25) is 0 Å². The average Bonchev–Trinajstić information content (AvgIpc) is 3.24. The lowest BCUT2D eigenvalue weighted by atomic mass is 10.1. The van der Waals surface area contributed by atoms with E-state index in [2.05, 4.69) is 16.3 Å². The first-order valence-corrected chi connectivity index (χ1v) is 10.1. The highest BCUT2D eigenvalue weighted by molar-refractivity contribution is 7.27. The number of fused-ring (bicyclic) bond motifs is 1. The van der Waals surface area contributed by atoms with Gasteiger partial charge in [-0.15, -0.1) is 22.7 Å². The molecule has 3 aromatic rings. The van der Waals surface area contributed by atoms with Crippen molar-refractivity contribution in [3.05, 3.63) is 57.8 Å². The summed E-state index contributed by atoms with van der Waals surface area (Å²) in [6, 6.07) is 11.1. The van der Waals surface area contributed by atoms with Crippen LogP contribution in [0.15, 0.2) is 41.8 Å². The zero-order valence-electron chi connectivity index (χ0n) is 14.1. The Hall–Kier alpha value is -2.22. The summed E-state index contributed by atoms with van der Waals surface area (Å²) in [6.07, 6.45) is 0. The third-order valence-electron chi connectivity index (χ3n) is 4.62. The molecule has 26 heavy (non-hydrogen) atoms. The smallest absolute Gasteiger partial charge is 0.335 e.